The molecule has 0 aliphatic carbocycles. The van der Waals surface area contributed by atoms with E-state index in [1.54, 1.807) is 13.8 Å². The molecule has 0 aromatic heterocycles. The van der Waals surface area contributed by atoms with Crippen LogP contribution in [0.3, 0.4) is 0 Å². The smallest absolute Gasteiger partial charge is 0.239 e. The molecule has 0 saturated carbocycles. The fourth-order valence-electron chi connectivity index (χ4n) is 1.98. The number of amides is 2. The molecule has 0 aromatic carbocycles. The topological polar surface area (TPSA) is 114 Å². The summed E-state index contributed by atoms with van der Waals surface area (Å²) in [6.45, 7) is 7.40. The molecule has 0 aromatic rings. The Balaban J connectivity index is 2.30. The Morgan fingerprint density at radius 2 is 1.86 bits per heavy atom. The Labute approximate surface area is 125 Å². The van der Waals surface area contributed by atoms with E-state index >= 15 is 0 Å². The third-order valence-electron chi connectivity index (χ3n) is 3.35. The third kappa shape index (κ3) is 5.43. The van der Waals surface area contributed by atoms with Crippen LogP contribution in [0.25, 0.3) is 0 Å². The van der Waals surface area contributed by atoms with Gasteiger partial charge < -0.3 is 21.1 Å². The molecule has 120 valence electrons. The summed E-state index contributed by atoms with van der Waals surface area (Å²) >= 11 is 0. The lowest BCUT2D eigenvalue weighted by atomic mass is 10.0. The van der Waals surface area contributed by atoms with Crippen molar-refractivity contribution in [3.8, 4) is 0 Å². The Morgan fingerprint density at radius 1 is 1.29 bits per heavy atom. The standard InChI is InChI=1S/C14H25N3O4/c1-8(2)5-10(15)13(20)16-6-11(18)17-9(3)12(19)14(4)7-21-14/h8-10H,5-7,15H2,1-4H3,(H,16,20)(H,17,18). The van der Waals surface area contributed by atoms with Crippen molar-refractivity contribution in [1.82, 2.24) is 10.6 Å². The van der Waals surface area contributed by atoms with Crippen LogP contribution < -0.4 is 16.4 Å². The molecule has 3 unspecified atom stereocenters. The highest BCUT2D eigenvalue weighted by Gasteiger charge is 2.48. The Kier molecular flexibility index (Phi) is 5.86. The summed E-state index contributed by atoms with van der Waals surface area (Å²) in [5.41, 5.74) is 4.94. The quantitative estimate of drug-likeness (QED) is 0.515. The molecule has 1 rings (SSSR count). The number of nitrogens with two attached hydrogens (primary N) is 1. The number of ether oxygens (including phenoxy) is 1. The van der Waals surface area contributed by atoms with Gasteiger partial charge in [-0.15, -0.1) is 0 Å². The minimum absolute atomic E-state index is 0.168. The van der Waals surface area contributed by atoms with Crippen LogP contribution in [0, 0.1) is 5.92 Å². The lowest BCUT2D eigenvalue weighted by Crippen LogP contribution is -2.49. The highest BCUT2D eigenvalue weighted by molar-refractivity contribution is 5.96. The van der Waals surface area contributed by atoms with Crippen molar-refractivity contribution in [2.24, 2.45) is 11.7 Å². The molecule has 1 fully saturated rings. The molecular formula is C14H25N3O4. The maximum Gasteiger partial charge on any atom is 0.239 e. The highest BCUT2D eigenvalue weighted by Crippen LogP contribution is 2.27. The summed E-state index contributed by atoms with van der Waals surface area (Å²) in [7, 11) is 0. The average molecular weight is 299 g/mol. The van der Waals surface area contributed by atoms with Gasteiger partial charge in [0.25, 0.3) is 0 Å². The van der Waals surface area contributed by atoms with Crippen LogP contribution in [-0.4, -0.2) is 48.4 Å². The Morgan fingerprint density at radius 3 is 2.33 bits per heavy atom. The van der Waals surface area contributed by atoms with E-state index in [0.717, 1.165) is 0 Å². The predicted molar refractivity (Wildman–Crippen MR) is 77.4 cm³/mol. The van der Waals surface area contributed by atoms with Gasteiger partial charge in [0.1, 0.15) is 5.60 Å². The summed E-state index contributed by atoms with van der Waals surface area (Å²) in [4.78, 5) is 35.2. The van der Waals surface area contributed by atoms with Gasteiger partial charge in [0, 0.05) is 0 Å². The van der Waals surface area contributed by atoms with Crippen LogP contribution in [0.5, 0.6) is 0 Å². The first-order valence-corrected chi connectivity index (χ1v) is 7.16. The second kappa shape index (κ2) is 7.00. The van der Waals surface area contributed by atoms with E-state index in [9.17, 15) is 14.4 Å². The molecule has 7 nitrogen and oxygen atoms in total. The maximum atomic E-state index is 11.9. The molecule has 3 atom stereocenters. The van der Waals surface area contributed by atoms with Crippen LogP contribution in [-0.2, 0) is 19.1 Å². The van der Waals surface area contributed by atoms with E-state index in [2.05, 4.69) is 10.6 Å². The van der Waals surface area contributed by atoms with E-state index in [-0.39, 0.29) is 18.2 Å². The van der Waals surface area contributed by atoms with Crippen molar-refractivity contribution in [3.05, 3.63) is 0 Å². The van der Waals surface area contributed by atoms with Gasteiger partial charge in [-0.25, -0.2) is 0 Å². The maximum absolute atomic E-state index is 11.9. The van der Waals surface area contributed by atoms with Crippen LogP contribution in [0.4, 0.5) is 0 Å². The number of rotatable bonds is 8. The molecule has 0 bridgehead atoms. The molecule has 1 aliphatic heterocycles. The van der Waals surface area contributed by atoms with Crippen LogP contribution >= 0.6 is 0 Å². The lowest BCUT2D eigenvalue weighted by molar-refractivity contribution is -0.130. The second-order valence-electron chi connectivity index (χ2n) is 6.13. The third-order valence-corrected chi connectivity index (χ3v) is 3.35. The molecule has 1 aliphatic rings. The summed E-state index contributed by atoms with van der Waals surface area (Å²) in [6.07, 6.45) is 0.554. The number of nitrogens with one attached hydrogen (secondary N) is 2. The highest BCUT2D eigenvalue weighted by atomic mass is 16.6. The van der Waals surface area contributed by atoms with E-state index < -0.39 is 23.6 Å². The predicted octanol–water partition coefficient (Wildman–Crippen LogP) is -0.661. The summed E-state index contributed by atoms with van der Waals surface area (Å²) in [5.74, 6) is -0.657. The van der Waals surface area contributed by atoms with E-state index in [1.165, 1.54) is 0 Å². The van der Waals surface area contributed by atoms with Crippen molar-refractivity contribution >= 4 is 17.6 Å². The van der Waals surface area contributed by atoms with Crippen LogP contribution in [0.2, 0.25) is 0 Å². The zero-order valence-electron chi connectivity index (χ0n) is 13.1. The number of hydrogen-bond donors (Lipinski definition) is 3. The van der Waals surface area contributed by atoms with Crippen LogP contribution in [0.15, 0.2) is 0 Å². The SMILES string of the molecule is CC(C)CC(N)C(=O)NCC(=O)NC(C)C(=O)C1(C)CO1. The molecule has 0 spiro atoms. The Bertz CT molecular complexity index is 418. The molecule has 1 saturated heterocycles. The van der Waals surface area contributed by atoms with Gasteiger partial charge in [0.05, 0.1) is 25.2 Å². The first-order valence-electron chi connectivity index (χ1n) is 7.16. The average Bonchev–Trinajstić information content (AvgIpc) is 3.13. The van der Waals surface area contributed by atoms with Gasteiger partial charge in [-0.3, -0.25) is 14.4 Å². The number of epoxide rings is 1. The zero-order chi connectivity index (χ0) is 16.2. The first kappa shape index (κ1) is 17.6. The van der Waals surface area contributed by atoms with Crippen molar-refractivity contribution in [1.29, 1.82) is 0 Å². The van der Waals surface area contributed by atoms with Crippen molar-refractivity contribution in [3.63, 3.8) is 0 Å². The second-order valence-corrected chi connectivity index (χ2v) is 6.13. The Hall–Kier alpha value is -1.47. The van der Waals surface area contributed by atoms with Gasteiger partial charge in [-0.2, -0.15) is 0 Å². The van der Waals surface area contributed by atoms with E-state index in [0.29, 0.717) is 18.9 Å². The number of hydrogen-bond acceptors (Lipinski definition) is 5. The molecular weight excluding hydrogens is 274 g/mol. The minimum atomic E-state index is -0.768. The first-order chi connectivity index (χ1) is 9.65. The minimum Gasteiger partial charge on any atom is -0.361 e. The summed E-state index contributed by atoms with van der Waals surface area (Å²) in [5, 5.41) is 5.00. The molecule has 7 heteroatoms. The lowest BCUT2D eigenvalue weighted by Gasteiger charge is -2.16. The number of Topliss-reactive ketones (excluding diaryl/α,β-unsaturated/α-hetero) is 1. The van der Waals surface area contributed by atoms with Gasteiger partial charge >= 0.3 is 0 Å². The van der Waals surface area contributed by atoms with Crippen molar-refractivity contribution in [2.45, 2.75) is 51.8 Å². The fraction of sp³-hybridized carbons (Fsp3) is 0.786. The van der Waals surface area contributed by atoms with Gasteiger partial charge in [0.2, 0.25) is 11.8 Å². The molecule has 4 N–H and O–H groups in total. The monoisotopic (exact) mass is 299 g/mol. The molecule has 21 heavy (non-hydrogen) atoms. The van der Waals surface area contributed by atoms with E-state index in [4.69, 9.17) is 10.5 Å². The zero-order valence-corrected chi connectivity index (χ0v) is 13.1. The number of ketones is 1. The van der Waals surface area contributed by atoms with Crippen LogP contribution in [0.1, 0.15) is 34.1 Å². The fourth-order valence-corrected chi connectivity index (χ4v) is 1.98. The van der Waals surface area contributed by atoms with Crippen molar-refractivity contribution in [2.75, 3.05) is 13.2 Å². The van der Waals surface area contributed by atoms with E-state index in [1.807, 2.05) is 13.8 Å². The number of carbonyl (C=O) groups is 3. The normalized spacial score (nSPS) is 23.3. The van der Waals surface area contributed by atoms with Gasteiger partial charge in [-0.05, 0) is 26.2 Å². The molecule has 1 heterocycles. The van der Waals surface area contributed by atoms with Gasteiger partial charge in [-0.1, -0.05) is 13.8 Å². The van der Waals surface area contributed by atoms with Crippen molar-refractivity contribution < 1.29 is 19.1 Å². The molecule has 2 amide bonds. The summed E-state index contributed by atoms with van der Waals surface area (Å²) in [6, 6.07) is -1.28. The van der Waals surface area contributed by atoms with Gasteiger partial charge in [0.15, 0.2) is 5.78 Å². The molecule has 0 radical (unpaired) electrons. The number of carbonyl (C=O) groups excluding carboxylic acids is 3. The largest absolute Gasteiger partial charge is 0.361 e. The summed E-state index contributed by atoms with van der Waals surface area (Å²) < 4.78 is 5.04.